The van der Waals surface area contributed by atoms with Crippen LogP contribution >= 0.6 is 0 Å². The lowest BCUT2D eigenvalue weighted by Gasteiger charge is -2.24. The van der Waals surface area contributed by atoms with Crippen molar-refractivity contribution in [3.8, 4) is 11.5 Å². The standard InChI is InChI=1S/C47H24N4O/c1-4-14-28-25(11-1)26-12-2-5-15-29(26)40-39(28)34-22-24-38-42-46(34)49-44(40)33-18-8-10-20-36(33)51(49)47(42)41-37(52-38)23-21-31-27-13-3-6-16-30(27)43-32-17-7-9-19-35(32)50(47)48(43)45(31)41/h1-24H/q+2. The minimum absolute atomic E-state index is 0.759. The van der Waals surface area contributed by atoms with Crippen LogP contribution in [0.3, 0.4) is 0 Å². The van der Waals surface area contributed by atoms with Gasteiger partial charge in [-0.2, -0.15) is 0 Å². The highest BCUT2D eigenvalue weighted by molar-refractivity contribution is 6.37. The molecule has 0 saturated heterocycles. The summed E-state index contributed by atoms with van der Waals surface area (Å²) in [5.41, 5.74) is 8.95. The van der Waals surface area contributed by atoms with E-state index in [0.29, 0.717) is 0 Å². The van der Waals surface area contributed by atoms with Gasteiger partial charge in [0.1, 0.15) is 33.6 Å². The molecule has 5 heteroatoms. The van der Waals surface area contributed by atoms with E-state index in [2.05, 4.69) is 164 Å². The van der Waals surface area contributed by atoms with Gasteiger partial charge in [0.05, 0.1) is 10.8 Å². The molecule has 12 aromatic rings. The molecule has 8 aromatic carbocycles. The number of rotatable bonds is 0. The van der Waals surface area contributed by atoms with Crippen molar-refractivity contribution in [3.63, 3.8) is 0 Å². The highest BCUT2D eigenvalue weighted by Crippen LogP contribution is 2.58. The van der Waals surface area contributed by atoms with Gasteiger partial charge in [-0.3, -0.25) is 0 Å². The minimum atomic E-state index is -0.759. The van der Waals surface area contributed by atoms with Gasteiger partial charge in [0, 0.05) is 39.1 Å². The third-order valence-corrected chi connectivity index (χ3v) is 12.7. The van der Waals surface area contributed by atoms with E-state index in [9.17, 15) is 0 Å². The molecule has 7 heterocycles. The van der Waals surface area contributed by atoms with E-state index in [1.807, 2.05) is 0 Å². The van der Waals surface area contributed by atoms with E-state index in [4.69, 9.17) is 4.74 Å². The van der Waals surface area contributed by atoms with E-state index in [1.54, 1.807) is 0 Å². The Bertz CT molecular complexity index is 3790. The van der Waals surface area contributed by atoms with Gasteiger partial charge in [-0.1, -0.05) is 97.1 Å². The maximum atomic E-state index is 7.10. The zero-order chi connectivity index (χ0) is 33.2. The van der Waals surface area contributed by atoms with Crippen LogP contribution in [0.1, 0.15) is 11.1 Å². The van der Waals surface area contributed by atoms with Crippen molar-refractivity contribution in [1.29, 1.82) is 0 Å². The van der Waals surface area contributed by atoms with Gasteiger partial charge in [0.25, 0.3) is 0 Å². The molecular weight excluding hydrogens is 637 g/mol. The van der Waals surface area contributed by atoms with Crippen molar-refractivity contribution >= 4 is 97.7 Å². The fourth-order valence-electron chi connectivity index (χ4n) is 11.1. The van der Waals surface area contributed by atoms with E-state index >= 15 is 0 Å². The minimum Gasteiger partial charge on any atom is -0.455 e. The monoisotopic (exact) mass is 660 g/mol. The van der Waals surface area contributed by atoms with Gasteiger partial charge < -0.3 is 4.74 Å². The van der Waals surface area contributed by atoms with Crippen LogP contribution in [-0.2, 0) is 5.66 Å². The number of pyridine rings is 2. The summed E-state index contributed by atoms with van der Waals surface area (Å²) in [6.07, 6.45) is 0. The maximum absolute atomic E-state index is 7.10. The Morgan fingerprint density at radius 3 is 1.40 bits per heavy atom. The zero-order valence-electron chi connectivity index (χ0n) is 27.6. The molecule has 0 saturated carbocycles. The number of benzene rings is 8. The van der Waals surface area contributed by atoms with Crippen molar-refractivity contribution in [2.24, 2.45) is 0 Å². The molecule has 1 atom stereocenters. The van der Waals surface area contributed by atoms with E-state index < -0.39 is 5.66 Å². The first-order valence-corrected chi connectivity index (χ1v) is 18.1. The first kappa shape index (κ1) is 25.0. The fourth-order valence-corrected chi connectivity index (χ4v) is 11.1. The van der Waals surface area contributed by atoms with Crippen LogP contribution in [0.25, 0.3) is 97.7 Å². The molecule has 1 unspecified atom stereocenters. The van der Waals surface area contributed by atoms with Crippen molar-refractivity contribution in [1.82, 2.24) is 9.03 Å². The summed E-state index contributed by atoms with van der Waals surface area (Å²) in [6, 6.07) is 54.0. The second-order valence-corrected chi connectivity index (χ2v) is 14.8. The largest absolute Gasteiger partial charge is 0.470 e. The van der Waals surface area contributed by atoms with Gasteiger partial charge in [-0.25, -0.2) is 0 Å². The molecule has 4 aromatic heterocycles. The van der Waals surface area contributed by atoms with Gasteiger partial charge in [-0.15, -0.1) is 9.03 Å². The van der Waals surface area contributed by atoms with Crippen molar-refractivity contribution in [2.45, 2.75) is 5.66 Å². The third-order valence-electron chi connectivity index (χ3n) is 12.7. The Morgan fingerprint density at radius 1 is 0.346 bits per heavy atom. The Balaban J connectivity index is 1.33. The summed E-state index contributed by atoms with van der Waals surface area (Å²) in [5, 5.41) is 15.2. The van der Waals surface area contributed by atoms with E-state index in [1.165, 1.54) is 109 Å². The molecule has 0 bridgehead atoms. The number of hydrogen-bond donors (Lipinski definition) is 0. The molecule has 3 aliphatic rings. The first-order valence-electron chi connectivity index (χ1n) is 18.1. The highest BCUT2D eigenvalue weighted by Gasteiger charge is 2.73. The predicted molar refractivity (Wildman–Crippen MR) is 207 cm³/mol. The van der Waals surface area contributed by atoms with Crippen molar-refractivity contribution in [3.05, 3.63) is 157 Å². The Hall–Kier alpha value is -6.98. The topological polar surface area (TPSA) is 25.8 Å². The van der Waals surface area contributed by atoms with Gasteiger partial charge in [0.15, 0.2) is 11.1 Å². The molecule has 1 spiro atoms. The predicted octanol–water partition coefficient (Wildman–Crippen LogP) is 10.0. The summed E-state index contributed by atoms with van der Waals surface area (Å²) >= 11 is 0. The first-order chi connectivity index (χ1) is 25.9. The molecule has 5 nitrogen and oxygen atoms in total. The summed E-state index contributed by atoms with van der Waals surface area (Å²) in [4.78, 5) is 0. The molecule has 3 aliphatic heterocycles. The summed E-state index contributed by atoms with van der Waals surface area (Å²) < 4.78 is 17.5. The van der Waals surface area contributed by atoms with Gasteiger partial charge in [-0.05, 0) is 72.7 Å². The molecule has 0 aliphatic carbocycles. The van der Waals surface area contributed by atoms with Gasteiger partial charge in [0.2, 0.25) is 11.0 Å². The number of ether oxygens (including phenoxy) is 1. The zero-order valence-corrected chi connectivity index (χ0v) is 27.6. The Kier molecular flexibility index (Phi) is 3.77. The van der Waals surface area contributed by atoms with Gasteiger partial charge >= 0.3 is 5.66 Å². The van der Waals surface area contributed by atoms with Crippen LogP contribution in [0.15, 0.2) is 146 Å². The molecule has 0 amide bonds. The number of hydrogen-bond acceptors (Lipinski definition) is 1. The van der Waals surface area contributed by atoms with E-state index in [-0.39, 0.29) is 0 Å². The maximum Gasteiger partial charge on any atom is 0.470 e. The number of nitrogens with zero attached hydrogens (tertiary/aromatic N) is 4. The normalized spacial score (nSPS) is 16.7. The second-order valence-electron chi connectivity index (χ2n) is 14.8. The fraction of sp³-hybridized carbons (Fsp3) is 0.0213. The van der Waals surface area contributed by atoms with Crippen LogP contribution in [0.4, 0.5) is 0 Å². The third kappa shape index (κ3) is 2.29. The number of para-hydroxylation sites is 2. The molecule has 52 heavy (non-hydrogen) atoms. The molecule has 236 valence electrons. The molecule has 0 N–H and O–H groups in total. The Morgan fingerprint density at radius 2 is 0.769 bits per heavy atom. The van der Waals surface area contributed by atoms with E-state index in [0.717, 1.165) is 11.5 Å². The second kappa shape index (κ2) is 7.83. The summed E-state index contributed by atoms with van der Waals surface area (Å²) in [5.74, 6) is 1.82. The van der Waals surface area contributed by atoms with Crippen molar-refractivity contribution < 1.29 is 14.1 Å². The van der Waals surface area contributed by atoms with Crippen LogP contribution in [0.5, 0.6) is 11.5 Å². The number of aromatic nitrogens is 4. The summed E-state index contributed by atoms with van der Waals surface area (Å²) in [7, 11) is 0. The molecular formula is C47H24N4O+2. The lowest BCUT2D eigenvalue weighted by molar-refractivity contribution is -0.992. The van der Waals surface area contributed by atoms with Crippen LogP contribution in [0.2, 0.25) is 0 Å². The number of fused-ring (bicyclic) bond motifs is 17. The van der Waals surface area contributed by atoms with Crippen molar-refractivity contribution in [2.75, 3.05) is 0 Å². The average molecular weight is 661 g/mol. The van der Waals surface area contributed by atoms with Crippen LogP contribution < -0.4 is 14.1 Å². The average Bonchev–Trinajstić information content (AvgIpc) is 3.92. The lowest BCUT2D eigenvalue weighted by atomic mass is 9.83. The van der Waals surface area contributed by atoms with Crippen LogP contribution in [0, 0.1) is 0 Å². The smallest absolute Gasteiger partial charge is 0.455 e. The highest BCUT2D eigenvalue weighted by atomic mass is 16.5. The summed E-state index contributed by atoms with van der Waals surface area (Å²) in [6.45, 7) is 0. The SMILES string of the molecule is c1ccc2c(c1)c1ccccc1c1c2c2ccc3c4c2n2c1c1ccccc1[n+]2C41c2c(ccc4c5ccccc5c5c6ccccc6[n+]1n5c24)O3. The Labute approximate surface area is 293 Å². The molecule has 15 rings (SSSR count). The molecule has 0 fully saturated rings. The quantitative estimate of drug-likeness (QED) is 0.117. The van der Waals surface area contributed by atoms with Crippen LogP contribution in [-0.4, -0.2) is 9.03 Å². The lowest BCUT2D eigenvalue weighted by Crippen LogP contribution is -2.74. The molecule has 0 radical (unpaired) electrons.